The van der Waals surface area contributed by atoms with Crippen molar-refractivity contribution in [2.24, 2.45) is 0 Å². The molecule has 5 nitrogen and oxygen atoms in total. The van der Waals surface area contributed by atoms with E-state index in [0.29, 0.717) is 13.1 Å². The second kappa shape index (κ2) is 11.7. The van der Waals surface area contributed by atoms with Crippen molar-refractivity contribution < 1.29 is 9.63 Å². The Morgan fingerprint density at radius 1 is 0.659 bits per heavy atom. The van der Waals surface area contributed by atoms with Crippen LogP contribution >= 0.6 is 0 Å². The molecule has 1 aliphatic heterocycles. The summed E-state index contributed by atoms with van der Waals surface area (Å²) in [4.78, 5) is 22.0. The molecule has 1 N–H and O–H groups in total. The third kappa shape index (κ3) is 6.01. The number of hydrogen-bond acceptors (Lipinski definition) is 3. The maximum absolute atomic E-state index is 13.2. The van der Waals surface area contributed by atoms with Gasteiger partial charge in [0.05, 0.1) is 5.69 Å². The van der Waals surface area contributed by atoms with Crippen molar-refractivity contribution >= 4 is 23.2 Å². The lowest BCUT2D eigenvalue weighted by Crippen LogP contribution is -2.49. The van der Waals surface area contributed by atoms with Crippen molar-refractivity contribution in [1.82, 2.24) is 4.65 Å². The van der Waals surface area contributed by atoms with E-state index in [1.165, 1.54) is 11.1 Å². The van der Waals surface area contributed by atoms with E-state index >= 15 is 0 Å². The summed E-state index contributed by atoms with van der Waals surface area (Å²) < 4.78 is 0.0248. The molecule has 0 fully saturated rings. The van der Waals surface area contributed by atoms with Crippen LogP contribution in [0.2, 0.25) is 0 Å². The number of fused-ring (bicyclic) bond motifs is 2. The van der Waals surface area contributed by atoms with Gasteiger partial charge in [-0.05, 0) is 30.2 Å². The van der Waals surface area contributed by atoms with Crippen LogP contribution in [0, 0.1) is 6.92 Å². The first-order valence-corrected chi connectivity index (χ1v) is 14.0. The van der Waals surface area contributed by atoms with Crippen LogP contribution in [0.5, 0.6) is 0 Å². The first kappa shape index (κ1) is 26.4. The van der Waals surface area contributed by atoms with Gasteiger partial charge in [0.15, 0.2) is 12.2 Å². The maximum atomic E-state index is 13.2. The van der Waals surface area contributed by atoms with Gasteiger partial charge >= 0.3 is 6.09 Å². The fourth-order valence-electron chi connectivity index (χ4n) is 5.71. The minimum atomic E-state index is -0.454. The second-order valence-corrected chi connectivity index (χ2v) is 10.7. The lowest BCUT2D eigenvalue weighted by molar-refractivity contribution is -0.0985. The predicted octanol–water partition coefficient (Wildman–Crippen LogP) is 8.39. The van der Waals surface area contributed by atoms with E-state index in [2.05, 4.69) is 126 Å². The molecule has 0 radical (unpaired) electrons. The van der Waals surface area contributed by atoms with Crippen LogP contribution in [0.15, 0.2) is 133 Å². The number of anilines is 2. The molecule has 5 heteroatoms. The number of nitrogens with zero attached hydrogens (tertiary/aromatic N) is 2. The van der Waals surface area contributed by atoms with Crippen LogP contribution in [0.25, 0.3) is 0 Å². The maximum Gasteiger partial charge on any atom is 0.466 e. The minimum absolute atomic E-state index is 0.0248. The number of nitrogens with one attached hydrogen (secondary N) is 1. The zero-order chi connectivity index (χ0) is 28.1. The van der Waals surface area contributed by atoms with Crippen LogP contribution in [0.3, 0.4) is 0 Å². The van der Waals surface area contributed by atoms with Gasteiger partial charge in [-0.2, -0.15) is 0 Å². The van der Waals surface area contributed by atoms with Crippen molar-refractivity contribution in [3.8, 4) is 0 Å². The summed E-state index contributed by atoms with van der Waals surface area (Å²) in [6.45, 7) is 4.56. The fourth-order valence-corrected chi connectivity index (χ4v) is 5.71. The van der Waals surface area contributed by atoms with Crippen molar-refractivity contribution in [2.45, 2.75) is 33.1 Å². The first-order valence-electron chi connectivity index (χ1n) is 14.0. The highest BCUT2D eigenvalue weighted by Gasteiger charge is 2.42. The Balaban J connectivity index is 1.46. The summed E-state index contributed by atoms with van der Waals surface area (Å²) in [5.41, 5.74) is 8.58. The molecule has 1 aliphatic rings. The molecule has 1 amide bonds. The van der Waals surface area contributed by atoms with Crippen molar-refractivity contribution in [2.75, 3.05) is 10.2 Å². The first-order chi connectivity index (χ1) is 20.1. The van der Waals surface area contributed by atoms with Crippen LogP contribution < -0.4 is 14.9 Å². The van der Waals surface area contributed by atoms with Gasteiger partial charge in [0.1, 0.15) is 6.54 Å². The zero-order valence-corrected chi connectivity index (χ0v) is 23.2. The number of para-hydroxylation sites is 1. The molecule has 0 aromatic heterocycles. The monoisotopic (exact) mass is 540 g/mol. The molecule has 6 rings (SSSR count). The number of aryl methyl sites for hydroxylation is 1. The summed E-state index contributed by atoms with van der Waals surface area (Å²) in [5.74, 6) is 0. The number of carbonyl (C=O) groups is 1. The van der Waals surface area contributed by atoms with E-state index < -0.39 is 6.09 Å². The number of benzene rings is 5. The van der Waals surface area contributed by atoms with E-state index in [4.69, 9.17) is 4.84 Å². The average molecular weight is 541 g/mol. The molecule has 0 aliphatic carbocycles. The van der Waals surface area contributed by atoms with Crippen molar-refractivity contribution in [3.63, 3.8) is 0 Å². The molecule has 2 bridgehead atoms. The van der Waals surface area contributed by atoms with Crippen molar-refractivity contribution in [1.29, 1.82) is 0 Å². The SMILES string of the molecule is Cc1ccc2cc1[N+](Cc1ccccc1)(Cc1ccccc1N(Cc1ccccc1)Cc1ccccc1)OC(=O)N2. The highest BCUT2D eigenvalue weighted by molar-refractivity contribution is 5.87. The summed E-state index contributed by atoms with van der Waals surface area (Å²) in [7, 11) is 0. The number of carbonyl (C=O) groups excluding carboxylic acids is 1. The quantitative estimate of drug-likeness (QED) is 0.191. The van der Waals surface area contributed by atoms with Gasteiger partial charge in [0.2, 0.25) is 0 Å². The van der Waals surface area contributed by atoms with E-state index in [1.807, 2.05) is 24.3 Å². The van der Waals surface area contributed by atoms with Crippen LogP contribution in [-0.4, -0.2) is 6.09 Å². The Morgan fingerprint density at radius 3 is 1.85 bits per heavy atom. The Bertz CT molecular complexity index is 1580. The number of amides is 1. The zero-order valence-electron chi connectivity index (χ0n) is 23.2. The third-order valence-corrected chi connectivity index (χ3v) is 7.62. The van der Waals surface area contributed by atoms with Gasteiger partial charge < -0.3 is 4.90 Å². The van der Waals surface area contributed by atoms with Gasteiger partial charge in [-0.15, -0.1) is 0 Å². The summed E-state index contributed by atoms with van der Waals surface area (Å²) >= 11 is 0. The molecule has 5 aromatic carbocycles. The largest absolute Gasteiger partial charge is 0.466 e. The van der Waals surface area contributed by atoms with Gasteiger partial charge in [-0.3, -0.25) is 5.32 Å². The Hall–Kier alpha value is -4.87. The highest BCUT2D eigenvalue weighted by atomic mass is 16.8. The van der Waals surface area contributed by atoms with Crippen LogP contribution in [-0.2, 0) is 31.0 Å². The molecule has 1 unspecified atom stereocenters. The van der Waals surface area contributed by atoms with E-state index in [1.54, 1.807) is 0 Å². The van der Waals surface area contributed by atoms with Crippen molar-refractivity contribution in [3.05, 3.63) is 161 Å². The van der Waals surface area contributed by atoms with Gasteiger partial charge in [-0.25, -0.2) is 9.63 Å². The molecule has 0 spiro atoms. The summed E-state index contributed by atoms with van der Waals surface area (Å²) in [5, 5.41) is 2.91. The average Bonchev–Trinajstić information content (AvgIpc) is 3.10. The highest BCUT2D eigenvalue weighted by Crippen LogP contribution is 2.39. The van der Waals surface area contributed by atoms with E-state index in [9.17, 15) is 4.79 Å². The Morgan fingerprint density at radius 2 is 1.22 bits per heavy atom. The van der Waals surface area contributed by atoms with Gasteiger partial charge in [0.25, 0.3) is 0 Å². The topological polar surface area (TPSA) is 41.6 Å². The van der Waals surface area contributed by atoms with Crippen LogP contribution in [0.1, 0.15) is 27.8 Å². The smallest absolute Gasteiger partial charge is 0.362 e. The van der Waals surface area contributed by atoms with E-state index in [0.717, 1.165) is 46.8 Å². The molecule has 0 saturated heterocycles. The lowest BCUT2D eigenvalue weighted by atomic mass is 10.1. The normalized spacial score (nSPS) is 15.9. The molecular formula is C36H34N3O2+. The minimum Gasteiger partial charge on any atom is -0.362 e. The Kier molecular flexibility index (Phi) is 7.52. The number of hydroxylamine groups is 2. The third-order valence-electron chi connectivity index (χ3n) is 7.62. The summed E-state index contributed by atoms with van der Waals surface area (Å²) in [6, 6.07) is 45.9. The van der Waals surface area contributed by atoms with Gasteiger partial charge in [-0.1, -0.05) is 120 Å². The lowest BCUT2D eigenvalue weighted by Gasteiger charge is -2.35. The van der Waals surface area contributed by atoms with Gasteiger partial charge in [0, 0.05) is 41.5 Å². The molecule has 5 aromatic rings. The van der Waals surface area contributed by atoms with E-state index in [-0.39, 0.29) is 4.65 Å². The number of quaternary nitrogens is 1. The summed E-state index contributed by atoms with van der Waals surface area (Å²) in [6.07, 6.45) is -0.454. The number of rotatable bonds is 9. The van der Waals surface area contributed by atoms with Crippen LogP contribution in [0.4, 0.5) is 21.9 Å². The molecule has 41 heavy (non-hydrogen) atoms. The predicted molar refractivity (Wildman–Crippen MR) is 166 cm³/mol. The fraction of sp³-hybridized carbons (Fsp3) is 0.139. The Labute approximate surface area is 241 Å². The standard InChI is InChI=1S/C36H33N3O2/c1-28-21-22-33-23-35(28)39(41-36(40)37-33,26-31-17-9-4-10-18-31)27-32-19-11-12-20-34(32)38(24-29-13-5-2-6-14-29)25-30-15-7-3-8-16-30/h2-23H,24-27H2,1H3/p+1. The molecule has 1 atom stereocenters. The molecule has 1 heterocycles. The number of hydrogen-bond donors (Lipinski definition) is 1. The molecule has 0 saturated carbocycles. The second-order valence-electron chi connectivity index (χ2n) is 10.7. The molecule has 204 valence electrons. The molecular weight excluding hydrogens is 506 g/mol.